The van der Waals surface area contributed by atoms with Crippen LogP contribution in [0, 0.1) is 5.92 Å². The molecule has 5 atom stereocenters. The minimum atomic E-state index is -0.988. The van der Waals surface area contributed by atoms with Crippen LogP contribution in [0.4, 0.5) is 4.79 Å². The van der Waals surface area contributed by atoms with Crippen molar-refractivity contribution in [3.05, 3.63) is 144 Å². The maximum Gasteiger partial charge on any atom is 0.408 e. The molecule has 10 nitrogen and oxygen atoms in total. The Hall–Kier alpha value is -5.13. The summed E-state index contributed by atoms with van der Waals surface area (Å²) in [5, 5.41) is 12.2. The first kappa shape index (κ1) is 39.1. The Morgan fingerprint density at radius 3 is 2.32 bits per heavy atom. The van der Waals surface area contributed by atoms with Gasteiger partial charge in [0.05, 0.1) is 31.8 Å². The fourth-order valence-electron chi connectivity index (χ4n) is 8.17. The third-order valence-corrected chi connectivity index (χ3v) is 11.3. The van der Waals surface area contributed by atoms with E-state index in [0.29, 0.717) is 6.04 Å². The second-order valence-electron chi connectivity index (χ2n) is 15.1. The Balaban J connectivity index is 1.06. The van der Waals surface area contributed by atoms with Crippen LogP contribution >= 0.6 is 0 Å². The average molecular weight is 758 g/mol. The highest BCUT2D eigenvalue weighted by molar-refractivity contribution is 6.06. The molecule has 3 amide bonds. The molecule has 1 aliphatic carbocycles. The first-order valence-electron chi connectivity index (χ1n) is 19.7. The summed E-state index contributed by atoms with van der Waals surface area (Å²) in [5.74, 6) is -0.756. The van der Waals surface area contributed by atoms with Gasteiger partial charge >= 0.3 is 6.09 Å². The normalized spacial score (nSPS) is 22.8. The third kappa shape index (κ3) is 9.11. The minimum Gasteiger partial charge on any atom is -0.445 e. The number of carbonyl (C=O) groups excluding carboxylic acids is 3. The van der Waals surface area contributed by atoms with E-state index in [-0.39, 0.29) is 50.2 Å². The number of ether oxygens (including phenoxy) is 3. The number of hydrogen-bond donors (Lipinski definition) is 2. The number of aliphatic hydroxyl groups excluding tert-OH is 1. The van der Waals surface area contributed by atoms with Crippen molar-refractivity contribution in [2.45, 2.75) is 89.4 Å². The number of hydrogen-bond acceptors (Lipinski definition) is 8. The molecule has 0 bridgehead atoms. The second kappa shape index (κ2) is 18.2. The number of likely N-dealkylation sites (tertiary alicyclic amines) is 1. The Bertz CT molecular complexity index is 1960. The van der Waals surface area contributed by atoms with Gasteiger partial charge in [-0.15, -0.1) is 6.58 Å². The minimum absolute atomic E-state index is 0.0164. The van der Waals surface area contributed by atoms with Crippen LogP contribution in [-0.2, 0) is 43.6 Å². The molecule has 0 spiro atoms. The molecule has 2 saturated heterocycles. The standard InChI is InChI=1S/C46H51N3O7/c1-3-25-48(38-14-8-9-15-38)28-41-31(2)43(35-19-17-32(29-50)18-20-35)56-45(55-41)36-23-21-34(22-24-36)39-16-10-7-13-37(39)27-49-42(51)26-40(44(49)52)47-46(53)54-30-33-11-5-4-6-12-33/h3-7,10-13,16-24,31,38,40-41,43,45,50H,1,8-9,14-15,25-30H2,2H3,(H,47,53)/t31-,40?,41+,43+,45+/m0/s1. The number of amides is 3. The van der Waals surface area contributed by atoms with Crippen LogP contribution in [0.3, 0.4) is 0 Å². The van der Waals surface area contributed by atoms with E-state index in [9.17, 15) is 19.5 Å². The lowest BCUT2D eigenvalue weighted by Gasteiger charge is -2.43. The van der Waals surface area contributed by atoms with E-state index in [1.54, 1.807) is 0 Å². The van der Waals surface area contributed by atoms with Crippen molar-refractivity contribution in [1.82, 2.24) is 15.1 Å². The van der Waals surface area contributed by atoms with Gasteiger partial charge in [-0.25, -0.2) is 4.79 Å². The molecule has 7 rings (SSSR count). The molecular weight excluding hydrogens is 707 g/mol. The predicted molar refractivity (Wildman–Crippen MR) is 213 cm³/mol. The highest BCUT2D eigenvalue weighted by Gasteiger charge is 2.41. The van der Waals surface area contributed by atoms with Crippen LogP contribution in [0.5, 0.6) is 0 Å². The van der Waals surface area contributed by atoms with Gasteiger partial charge < -0.3 is 24.6 Å². The van der Waals surface area contributed by atoms with Crippen LogP contribution in [-0.4, -0.2) is 64.1 Å². The first-order valence-corrected chi connectivity index (χ1v) is 19.7. The number of rotatable bonds is 14. The van der Waals surface area contributed by atoms with Gasteiger partial charge in [-0.3, -0.25) is 19.4 Å². The van der Waals surface area contributed by atoms with Crippen molar-refractivity contribution in [2.24, 2.45) is 5.92 Å². The number of nitrogens with one attached hydrogen (secondary N) is 1. The van der Waals surface area contributed by atoms with Gasteiger partial charge in [-0.05, 0) is 46.2 Å². The monoisotopic (exact) mass is 757 g/mol. The number of nitrogens with zero attached hydrogens (tertiary/aromatic N) is 2. The Kier molecular flexibility index (Phi) is 12.7. The number of aliphatic hydroxyl groups is 1. The maximum atomic E-state index is 13.4. The zero-order valence-electron chi connectivity index (χ0n) is 31.9. The van der Waals surface area contributed by atoms with E-state index in [4.69, 9.17) is 14.2 Å². The van der Waals surface area contributed by atoms with Crippen molar-refractivity contribution in [3.8, 4) is 11.1 Å². The summed E-state index contributed by atoms with van der Waals surface area (Å²) >= 11 is 0. The van der Waals surface area contributed by atoms with Crippen LogP contribution in [0.15, 0.2) is 116 Å². The molecule has 2 heterocycles. The lowest BCUT2D eigenvalue weighted by atomic mass is 9.89. The SMILES string of the molecule is C=CCN(C[C@H]1O[C@@H](c2ccc(-c3ccccc3CN3C(=O)CC(NC(=O)OCc4ccccc4)C3=O)cc2)O[C@@H](c2ccc(CO)cc2)[C@H]1C)C1CCCC1. The van der Waals surface area contributed by atoms with Crippen molar-refractivity contribution in [3.63, 3.8) is 0 Å². The van der Waals surface area contributed by atoms with Gasteiger partial charge in [0.25, 0.3) is 5.91 Å². The molecule has 1 saturated carbocycles. The van der Waals surface area contributed by atoms with Crippen LogP contribution in [0.2, 0.25) is 0 Å². The number of benzene rings is 4. The highest BCUT2D eigenvalue weighted by Crippen LogP contribution is 2.43. The summed E-state index contributed by atoms with van der Waals surface area (Å²) in [5.41, 5.74) is 6.20. The van der Waals surface area contributed by atoms with E-state index in [0.717, 1.165) is 52.0 Å². The quantitative estimate of drug-likeness (QED) is 0.0997. The topological polar surface area (TPSA) is 118 Å². The molecule has 4 aromatic rings. The lowest BCUT2D eigenvalue weighted by molar-refractivity contribution is -0.276. The molecule has 2 aliphatic heterocycles. The highest BCUT2D eigenvalue weighted by atomic mass is 16.7. The smallest absolute Gasteiger partial charge is 0.408 e. The van der Waals surface area contributed by atoms with Crippen LogP contribution in [0.1, 0.15) is 79.2 Å². The Morgan fingerprint density at radius 2 is 1.61 bits per heavy atom. The van der Waals surface area contributed by atoms with Gasteiger partial charge in [-0.1, -0.05) is 129 Å². The van der Waals surface area contributed by atoms with E-state index >= 15 is 0 Å². The fourth-order valence-corrected chi connectivity index (χ4v) is 8.17. The van der Waals surface area contributed by atoms with Crippen LogP contribution in [0.25, 0.3) is 11.1 Å². The maximum absolute atomic E-state index is 13.4. The molecular formula is C46H51N3O7. The van der Waals surface area contributed by atoms with Gasteiger partial charge in [0.15, 0.2) is 6.29 Å². The fraction of sp³-hybridized carbons (Fsp3) is 0.370. The summed E-state index contributed by atoms with van der Waals surface area (Å²) in [6, 6.07) is 32.5. The summed E-state index contributed by atoms with van der Waals surface area (Å²) < 4.78 is 18.9. The van der Waals surface area contributed by atoms with Gasteiger partial charge in [0, 0.05) is 30.6 Å². The molecule has 0 aromatic heterocycles. The van der Waals surface area contributed by atoms with E-state index in [2.05, 4.69) is 23.7 Å². The predicted octanol–water partition coefficient (Wildman–Crippen LogP) is 7.62. The Morgan fingerprint density at radius 1 is 0.911 bits per heavy atom. The van der Waals surface area contributed by atoms with Crippen molar-refractivity contribution < 1.29 is 33.7 Å². The third-order valence-electron chi connectivity index (χ3n) is 11.3. The zero-order chi connectivity index (χ0) is 39.0. The Labute approximate surface area is 329 Å². The molecule has 3 aliphatic rings. The first-order chi connectivity index (χ1) is 27.3. The van der Waals surface area contributed by atoms with Gasteiger partial charge in [0.2, 0.25) is 5.91 Å². The molecule has 0 radical (unpaired) electrons. The molecule has 1 unspecified atom stereocenters. The van der Waals surface area contributed by atoms with Gasteiger partial charge in [0.1, 0.15) is 12.6 Å². The average Bonchev–Trinajstić information content (AvgIpc) is 3.86. The number of carbonyl (C=O) groups is 3. The van der Waals surface area contributed by atoms with Gasteiger partial charge in [-0.2, -0.15) is 0 Å². The lowest BCUT2D eigenvalue weighted by Crippen LogP contribution is -2.47. The second-order valence-corrected chi connectivity index (χ2v) is 15.1. The number of alkyl carbamates (subject to hydrolysis) is 1. The largest absolute Gasteiger partial charge is 0.445 e. The number of imide groups is 1. The van der Waals surface area contributed by atoms with Crippen LogP contribution < -0.4 is 5.32 Å². The summed E-state index contributed by atoms with van der Waals surface area (Å²) in [6.07, 6.45) is 5.03. The molecule has 56 heavy (non-hydrogen) atoms. The zero-order valence-corrected chi connectivity index (χ0v) is 31.9. The molecule has 2 N–H and O–H groups in total. The van der Waals surface area contributed by atoms with E-state index < -0.39 is 24.3 Å². The van der Waals surface area contributed by atoms with E-state index in [1.807, 2.05) is 109 Å². The van der Waals surface area contributed by atoms with E-state index in [1.165, 1.54) is 30.6 Å². The van der Waals surface area contributed by atoms with Crippen molar-refractivity contribution in [2.75, 3.05) is 13.1 Å². The summed E-state index contributed by atoms with van der Waals surface area (Å²) in [7, 11) is 0. The molecule has 292 valence electrons. The van der Waals surface area contributed by atoms with Crippen molar-refractivity contribution >= 4 is 17.9 Å². The molecule has 10 heteroatoms. The summed E-state index contributed by atoms with van der Waals surface area (Å²) in [6.45, 7) is 7.93. The summed E-state index contributed by atoms with van der Waals surface area (Å²) in [4.78, 5) is 42.7. The van der Waals surface area contributed by atoms with Crippen molar-refractivity contribution in [1.29, 1.82) is 0 Å². The molecule has 3 fully saturated rings. The molecule has 4 aromatic carbocycles.